The highest BCUT2D eigenvalue weighted by Gasteiger charge is 2.14. The highest BCUT2D eigenvalue weighted by Crippen LogP contribution is 2.26. The minimum atomic E-state index is -1.43. The maximum atomic E-state index is 13.7. The molecule has 0 saturated carbocycles. The van der Waals surface area contributed by atoms with E-state index >= 15 is 0 Å². The number of nitrogens with one attached hydrogen (secondary N) is 1. The number of halogens is 3. The zero-order chi connectivity index (χ0) is 14.7. The van der Waals surface area contributed by atoms with Crippen molar-refractivity contribution in [2.45, 2.75) is 19.4 Å². The molecular formula is C16H16F3N. The number of benzene rings is 2. The quantitative estimate of drug-likeness (QED) is 0.836. The van der Waals surface area contributed by atoms with Crippen molar-refractivity contribution in [3.63, 3.8) is 0 Å². The van der Waals surface area contributed by atoms with Crippen LogP contribution in [0.5, 0.6) is 0 Å². The van der Waals surface area contributed by atoms with E-state index in [1.165, 1.54) is 6.07 Å². The number of rotatable bonds is 4. The van der Waals surface area contributed by atoms with E-state index in [9.17, 15) is 13.2 Å². The summed E-state index contributed by atoms with van der Waals surface area (Å²) >= 11 is 0. The first-order chi connectivity index (χ1) is 9.52. The summed E-state index contributed by atoms with van der Waals surface area (Å²) in [5.41, 5.74) is 1.69. The van der Waals surface area contributed by atoms with Crippen LogP contribution in [-0.2, 0) is 6.42 Å². The summed E-state index contributed by atoms with van der Waals surface area (Å²) in [6, 6.07) is 9.68. The van der Waals surface area contributed by atoms with E-state index in [2.05, 4.69) is 12.2 Å². The molecule has 4 heteroatoms. The highest BCUT2D eigenvalue weighted by atomic mass is 19.2. The van der Waals surface area contributed by atoms with Crippen LogP contribution in [0.25, 0.3) is 11.1 Å². The number of hydrogen-bond acceptors (Lipinski definition) is 1. The molecule has 2 aromatic carbocycles. The third-order valence-electron chi connectivity index (χ3n) is 3.33. The van der Waals surface area contributed by atoms with Crippen molar-refractivity contribution in [2.24, 2.45) is 0 Å². The Morgan fingerprint density at radius 3 is 2.20 bits per heavy atom. The average molecular weight is 279 g/mol. The Labute approximate surface area is 116 Å². The first kappa shape index (κ1) is 14.6. The van der Waals surface area contributed by atoms with Gasteiger partial charge in [0.1, 0.15) is 0 Å². The molecule has 0 fully saturated rings. The van der Waals surface area contributed by atoms with Gasteiger partial charge in [0.25, 0.3) is 0 Å². The minimum Gasteiger partial charge on any atom is -0.317 e. The molecule has 106 valence electrons. The van der Waals surface area contributed by atoms with E-state index in [1.807, 2.05) is 19.2 Å². The molecule has 0 bridgehead atoms. The summed E-state index contributed by atoms with van der Waals surface area (Å²) in [6.45, 7) is 2.06. The van der Waals surface area contributed by atoms with E-state index in [1.54, 1.807) is 12.1 Å². The van der Waals surface area contributed by atoms with Gasteiger partial charge < -0.3 is 5.32 Å². The first-order valence-electron chi connectivity index (χ1n) is 6.43. The molecule has 0 aromatic heterocycles. The van der Waals surface area contributed by atoms with Crippen LogP contribution >= 0.6 is 0 Å². The van der Waals surface area contributed by atoms with Gasteiger partial charge in [0, 0.05) is 11.6 Å². The number of hydrogen-bond donors (Lipinski definition) is 1. The van der Waals surface area contributed by atoms with Crippen LogP contribution in [-0.4, -0.2) is 13.1 Å². The normalized spacial score (nSPS) is 12.4. The topological polar surface area (TPSA) is 12.0 Å². The van der Waals surface area contributed by atoms with Crippen molar-refractivity contribution < 1.29 is 13.2 Å². The Balaban J connectivity index is 2.29. The zero-order valence-electron chi connectivity index (χ0n) is 11.4. The van der Waals surface area contributed by atoms with E-state index in [0.717, 1.165) is 18.1 Å². The third kappa shape index (κ3) is 3.02. The molecular weight excluding hydrogens is 263 g/mol. The molecule has 20 heavy (non-hydrogen) atoms. The molecule has 0 amide bonds. The molecule has 1 atom stereocenters. The summed E-state index contributed by atoms with van der Waals surface area (Å²) in [6.07, 6.45) is 0.844. The second-order valence-electron chi connectivity index (χ2n) is 4.81. The lowest BCUT2D eigenvalue weighted by Gasteiger charge is -2.11. The van der Waals surface area contributed by atoms with Crippen molar-refractivity contribution in [1.29, 1.82) is 0 Å². The molecule has 1 nitrogen and oxygen atoms in total. The van der Waals surface area contributed by atoms with Crippen LogP contribution < -0.4 is 5.32 Å². The van der Waals surface area contributed by atoms with Crippen LogP contribution in [0.15, 0.2) is 36.4 Å². The molecule has 0 saturated heterocycles. The second kappa shape index (κ2) is 6.09. The van der Waals surface area contributed by atoms with E-state index in [0.29, 0.717) is 11.6 Å². The predicted octanol–water partition coefficient (Wildman–Crippen LogP) is 3.92. The van der Waals surface area contributed by atoms with Gasteiger partial charge in [-0.15, -0.1) is 0 Å². The Bertz CT molecular complexity index is 593. The van der Waals surface area contributed by atoms with Crippen LogP contribution in [0.1, 0.15) is 12.5 Å². The SMILES string of the molecule is CNC(C)Cc1ccc(-c2ccc(F)c(F)c2F)cc1. The smallest absolute Gasteiger partial charge is 0.195 e. The van der Waals surface area contributed by atoms with Crippen molar-refractivity contribution >= 4 is 0 Å². The molecule has 0 heterocycles. The maximum Gasteiger partial charge on any atom is 0.195 e. The van der Waals surface area contributed by atoms with Gasteiger partial charge in [-0.25, -0.2) is 13.2 Å². The zero-order valence-corrected chi connectivity index (χ0v) is 11.4. The Kier molecular flexibility index (Phi) is 4.45. The Morgan fingerprint density at radius 1 is 0.950 bits per heavy atom. The second-order valence-corrected chi connectivity index (χ2v) is 4.81. The predicted molar refractivity (Wildman–Crippen MR) is 74.0 cm³/mol. The van der Waals surface area contributed by atoms with Crippen molar-refractivity contribution in [3.8, 4) is 11.1 Å². The largest absolute Gasteiger partial charge is 0.317 e. The van der Waals surface area contributed by atoms with Crippen LogP contribution in [0.3, 0.4) is 0 Å². The molecule has 0 spiro atoms. The Hall–Kier alpha value is -1.81. The Morgan fingerprint density at radius 2 is 1.60 bits per heavy atom. The fourth-order valence-electron chi connectivity index (χ4n) is 2.02. The minimum absolute atomic E-state index is 0.0668. The highest BCUT2D eigenvalue weighted by molar-refractivity contribution is 5.64. The molecule has 0 radical (unpaired) electrons. The van der Waals surface area contributed by atoms with Crippen LogP contribution in [0.4, 0.5) is 13.2 Å². The molecule has 2 aromatic rings. The van der Waals surface area contributed by atoms with Gasteiger partial charge >= 0.3 is 0 Å². The van der Waals surface area contributed by atoms with Gasteiger partial charge in [-0.2, -0.15) is 0 Å². The molecule has 1 unspecified atom stereocenters. The summed E-state index contributed by atoms with van der Waals surface area (Å²) in [7, 11) is 1.88. The standard InChI is InChI=1S/C16H16F3N/c1-10(20-2)9-11-3-5-12(6-4-11)13-7-8-14(17)16(19)15(13)18/h3-8,10,20H,9H2,1-2H3. The van der Waals surface area contributed by atoms with Crippen LogP contribution in [0.2, 0.25) is 0 Å². The molecule has 0 aliphatic carbocycles. The number of likely N-dealkylation sites (N-methyl/N-ethyl adjacent to an activating group) is 1. The fraction of sp³-hybridized carbons (Fsp3) is 0.250. The van der Waals surface area contributed by atoms with E-state index in [4.69, 9.17) is 0 Å². The van der Waals surface area contributed by atoms with Gasteiger partial charge in [0.2, 0.25) is 0 Å². The molecule has 0 aliphatic heterocycles. The first-order valence-corrected chi connectivity index (χ1v) is 6.43. The van der Waals surface area contributed by atoms with Gasteiger partial charge in [-0.1, -0.05) is 24.3 Å². The van der Waals surface area contributed by atoms with Gasteiger partial charge in [0.05, 0.1) is 0 Å². The van der Waals surface area contributed by atoms with Crippen molar-refractivity contribution in [1.82, 2.24) is 5.32 Å². The lowest BCUT2D eigenvalue weighted by molar-refractivity contribution is 0.449. The van der Waals surface area contributed by atoms with Crippen molar-refractivity contribution in [2.75, 3.05) is 7.05 Å². The summed E-state index contributed by atoms with van der Waals surface area (Å²) < 4.78 is 39.8. The maximum absolute atomic E-state index is 13.7. The van der Waals surface area contributed by atoms with E-state index < -0.39 is 17.5 Å². The van der Waals surface area contributed by atoms with Gasteiger partial charge in [-0.05, 0) is 43.7 Å². The van der Waals surface area contributed by atoms with E-state index in [-0.39, 0.29) is 5.56 Å². The molecule has 0 aliphatic rings. The van der Waals surface area contributed by atoms with Crippen LogP contribution in [0, 0.1) is 17.5 Å². The fourth-order valence-corrected chi connectivity index (χ4v) is 2.02. The van der Waals surface area contributed by atoms with Crippen molar-refractivity contribution in [3.05, 3.63) is 59.4 Å². The average Bonchev–Trinajstić information content (AvgIpc) is 2.46. The third-order valence-corrected chi connectivity index (χ3v) is 3.33. The van der Waals surface area contributed by atoms with Gasteiger partial charge in [-0.3, -0.25) is 0 Å². The summed E-state index contributed by atoms with van der Waals surface area (Å²) in [5, 5.41) is 3.13. The summed E-state index contributed by atoms with van der Waals surface area (Å²) in [4.78, 5) is 0. The molecule has 1 N–H and O–H groups in total. The van der Waals surface area contributed by atoms with Gasteiger partial charge in [0.15, 0.2) is 17.5 Å². The lowest BCUT2D eigenvalue weighted by atomic mass is 10.0. The summed E-state index contributed by atoms with van der Waals surface area (Å²) in [5.74, 6) is -3.76. The molecule has 2 rings (SSSR count). The monoisotopic (exact) mass is 279 g/mol. The lowest BCUT2D eigenvalue weighted by Crippen LogP contribution is -2.23.